The van der Waals surface area contributed by atoms with Crippen LogP contribution in [0, 0.1) is 10.1 Å². The summed E-state index contributed by atoms with van der Waals surface area (Å²) in [5.74, 6) is -0.742. The predicted octanol–water partition coefficient (Wildman–Crippen LogP) is 0.812. The fraction of sp³-hybridized carbons (Fsp3) is 0.500. The van der Waals surface area contributed by atoms with Gasteiger partial charge in [0.15, 0.2) is 5.69 Å². The molecule has 1 rings (SSSR count). The number of hydrogen-bond acceptors (Lipinski definition) is 4. The molecule has 17 heavy (non-hydrogen) atoms. The summed E-state index contributed by atoms with van der Waals surface area (Å²) in [5.41, 5.74) is -0.720. The Hall–Kier alpha value is -1.89. The number of carbonyl (C=O) groups is 1. The van der Waals surface area contributed by atoms with Gasteiger partial charge in [-0.3, -0.25) is 4.79 Å². The highest BCUT2D eigenvalue weighted by Gasteiger charge is 2.28. The number of rotatable bonds is 4. The summed E-state index contributed by atoms with van der Waals surface area (Å²) in [7, 11) is 0. The van der Waals surface area contributed by atoms with E-state index in [9.17, 15) is 20.0 Å². The highest BCUT2D eigenvalue weighted by atomic mass is 16.6. The van der Waals surface area contributed by atoms with E-state index >= 15 is 0 Å². The normalized spacial score (nSPS) is 13.2. The van der Waals surface area contributed by atoms with Crippen molar-refractivity contribution >= 4 is 11.7 Å². The monoisotopic (exact) mass is 241 g/mol. The maximum atomic E-state index is 11.7. The second-order valence-electron chi connectivity index (χ2n) is 4.37. The van der Waals surface area contributed by atoms with Gasteiger partial charge in [0.05, 0.1) is 11.6 Å². The smallest absolute Gasteiger partial charge is 0.321 e. The molecule has 0 aliphatic heterocycles. The number of nitrogens with zero attached hydrogens (tertiary/aromatic N) is 1. The van der Waals surface area contributed by atoms with Crippen LogP contribution in [-0.4, -0.2) is 32.6 Å². The molecule has 1 amide bonds. The van der Waals surface area contributed by atoms with Crippen molar-refractivity contribution in [2.45, 2.75) is 32.4 Å². The molecule has 94 valence electrons. The third kappa shape index (κ3) is 3.04. The van der Waals surface area contributed by atoms with Crippen molar-refractivity contribution in [2.75, 3.05) is 0 Å². The summed E-state index contributed by atoms with van der Waals surface area (Å²) >= 11 is 0. The Kier molecular flexibility index (Phi) is 3.52. The Balaban J connectivity index is 2.80. The molecule has 0 aromatic carbocycles. The number of H-pyrrole nitrogens is 1. The number of hydrogen-bond donors (Lipinski definition) is 3. The lowest BCUT2D eigenvalue weighted by molar-refractivity contribution is -0.389. The molecule has 1 atom stereocenters. The van der Waals surface area contributed by atoms with E-state index in [4.69, 9.17) is 0 Å². The van der Waals surface area contributed by atoms with Crippen LogP contribution < -0.4 is 5.32 Å². The number of aliphatic hydroxyl groups excluding tert-OH is 1. The van der Waals surface area contributed by atoms with E-state index < -0.39 is 22.5 Å². The first kappa shape index (κ1) is 13.2. The minimum atomic E-state index is -0.809. The van der Waals surface area contributed by atoms with Gasteiger partial charge in [-0.25, -0.2) is 4.98 Å². The minimum absolute atomic E-state index is 0.0884. The fourth-order valence-corrected chi connectivity index (χ4v) is 1.09. The van der Waals surface area contributed by atoms with E-state index in [0.717, 1.165) is 0 Å². The van der Waals surface area contributed by atoms with Crippen LogP contribution in [0.2, 0.25) is 0 Å². The lowest BCUT2D eigenvalue weighted by Crippen LogP contribution is -2.51. The summed E-state index contributed by atoms with van der Waals surface area (Å²) in [6.07, 6.45) is -0.739. The lowest BCUT2D eigenvalue weighted by atomic mass is 9.99. The van der Waals surface area contributed by atoms with Gasteiger partial charge in [-0.15, -0.1) is 0 Å². The highest BCUT2D eigenvalue weighted by molar-refractivity contribution is 5.93. The number of aliphatic hydroxyl groups is 1. The topological polar surface area (TPSA) is 108 Å². The van der Waals surface area contributed by atoms with Crippen molar-refractivity contribution in [3.8, 4) is 0 Å². The van der Waals surface area contributed by atoms with E-state index in [1.807, 2.05) is 0 Å². The molecular formula is C10H15N3O4. The number of aromatic amines is 1. The van der Waals surface area contributed by atoms with Gasteiger partial charge < -0.3 is 20.5 Å². The molecular weight excluding hydrogens is 226 g/mol. The van der Waals surface area contributed by atoms with Crippen LogP contribution >= 0.6 is 0 Å². The van der Waals surface area contributed by atoms with Gasteiger partial charge in [-0.05, 0) is 31.8 Å². The van der Waals surface area contributed by atoms with Crippen molar-refractivity contribution in [2.24, 2.45) is 0 Å². The van der Waals surface area contributed by atoms with E-state index in [0.29, 0.717) is 0 Å². The molecule has 1 aromatic rings. The maximum Gasteiger partial charge on any atom is 0.321 e. The number of nitro groups is 1. The predicted molar refractivity (Wildman–Crippen MR) is 60.7 cm³/mol. The first-order valence-electron chi connectivity index (χ1n) is 5.08. The van der Waals surface area contributed by atoms with Crippen molar-refractivity contribution < 1.29 is 14.8 Å². The second kappa shape index (κ2) is 4.54. The molecule has 0 saturated carbocycles. The first-order valence-corrected chi connectivity index (χ1v) is 5.08. The van der Waals surface area contributed by atoms with Gasteiger partial charge >= 0.3 is 5.82 Å². The van der Waals surface area contributed by atoms with Crippen LogP contribution in [0.15, 0.2) is 12.1 Å². The molecule has 7 heteroatoms. The largest absolute Gasteiger partial charge is 0.391 e. The molecule has 0 bridgehead atoms. The SMILES string of the molecule is CC(O)C(C)(C)NC(=O)c1ccc([N+](=O)[O-])[nH]1. The number of amides is 1. The minimum Gasteiger partial charge on any atom is -0.391 e. The van der Waals surface area contributed by atoms with Crippen LogP contribution in [0.5, 0.6) is 0 Å². The Morgan fingerprint density at radius 2 is 2.18 bits per heavy atom. The molecule has 0 radical (unpaired) electrons. The third-order valence-electron chi connectivity index (χ3n) is 2.59. The standard InChI is InChI=1S/C10H15N3O4/c1-6(14)10(2,3)12-9(15)7-4-5-8(11-7)13(16)17/h4-6,11,14H,1-3H3,(H,12,15). The summed E-state index contributed by atoms with van der Waals surface area (Å²) < 4.78 is 0. The van der Waals surface area contributed by atoms with Gasteiger partial charge in [0.2, 0.25) is 0 Å². The summed E-state index contributed by atoms with van der Waals surface area (Å²) in [4.78, 5) is 23.9. The molecule has 0 aliphatic rings. The van der Waals surface area contributed by atoms with Crippen molar-refractivity contribution in [3.63, 3.8) is 0 Å². The Bertz CT molecular complexity index is 437. The molecule has 0 aliphatic carbocycles. The average Bonchev–Trinajstić information content (AvgIpc) is 2.65. The van der Waals surface area contributed by atoms with Crippen LogP contribution in [0.4, 0.5) is 5.82 Å². The molecule has 0 spiro atoms. The summed E-state index contributed by atoms with van der Waals surface area (Å²) in [6, 6.07) is 2.54. The highest BCUT2D eigenvalue weighted by Crippen LogP contribution is 2.13. The second-order valence-corrected chi connectivity index (χ2v) is 4.37. The van der Waals surface area contributed by atoms with Crippen LogP contribution in [0.3, 0.4) is 0 Å². The quantitative estimate of drug-likeness (QED) is 0.535. The molecule has 7 nitrogen and oxygen atoms in total. The third-order valence-corrected chi connectivity index (χ3v) is 2.59. The molecule has 1 heterocycles. The molecule has 0 fully saturated rings. The van der Waals surface area contributed by atoms with Gasteiger partial charge in [0.25, 0.3) is 5.91 Å². The van der Waals surface area contributed by atoms with E-state index in [1.54, 1.807) is 20.8 Å². The Morgan fingerprint density at radius 3 is 2.59 bits per heavy atom. The average molecular weight is 241 g/mol. The lowest BCUT2D eigenvalue weighted by Gasteiger charge is -2.28. The van der Waals surface area contributed by atoms with Crippen molar-refractivity contribution in [1.29, 1.82) is 0 Å². The van der Waals surface area contributed by atoms with Gasteiger partial charge in [-0.1, -0.05) is 0 Å². The van der Waals surface area contributed by atoms with Gasteiger partial charge in [0, 0.05) is 6.07 Å². The van der Waals surface area contributed by atoms with Crippen LogP contribution in [0.25, 0.3) is 0 Å². The van der Waals surface area contributed by atoms with Crippen molar-refractivity contribution in [3.05, 3.63) is 27.9 Å². The number of carbonyl (C=O) groups excluding carboxylic acids is 1. The van der Waals surface area contributed by atoms with Crippen LogP contribution in [0.1, 0.15) is 31.3 Å². The van der Waals surface area contributed by atoms with E-state index in [1.165, 1.54) is 12.1 Å². The van der Waals surface area contributed by atoms with Crippen LogP contribution in [-0.2, 0) is 0 Å². The van der Waals surface area contributed by atoms with Crippen molar-refractivity contribution in [1.82, 2.24) is 10.3 Å². The zero-order valence-corrected chi connectivity index (χ0v) is 9.85. The Morgan fingerprint density at radius 1 is 1.59 bits per heavy atom. The zero-order valence-electron chi connectivity index (χ0n) is 9.85. The molecule has 3 N–H and O–H groups in total. The van der Waals surface area contributed by atoms with E-state index in [2.05, 4.69) is 10.3 Å². The number of aromatic nitrogens is 1. The van der Waals surface area contributed by atoms with E-state index in [-0.39, 0.29) is 11.5 Å². The summed E-state index contributed by atoms with van der Waals surface area (Å²) in [6.45, 7) is 4.87. The molecule has 0 saturated heterocycles. The molecule has 1 aromatic heterocycles. The Labute approximate surface area is 98.0 Å². The summed E-state index contributed by atoms with van der Waals surface area (Å²) in [5, 5.41) is 22.5. The maximum absolute atomic E-state index is 11.7. The van der Waals surface area contributed by atoms with Gasteiger partial charge in [0.1, 0.15) is 0 Å². The molecule has 1 unspecified atom stereocenters. The van der Waals surface area contributed by atoms with Gasteiger partial charge in [-0.2, -0.15) is 0 Å². The first-order chi connectivity index (χ1) is 7.74. The number of nitrogens with one attached hydrogen (secondary N) is 2. The zero-order chi connectivity index (χ0) is 13.2. The fourth-order valence-electron chi connectivity index (χ4n) is 1.09.